The Morgan fingerprint density at radius 3 is 2.50 bits per heavy atom. The molecule has 0 radical (unpaired) electrons. The molecule has 1 aromatic heterocycles. The maximum atomic E-state index is 12.1. The molecular weight excluding hydrogens is 302 g/mol. The van der Waals surface area contributed by atoms with Crippen LogP contribution in [-0.4, -0.2) is 31.2 Å². The first-order valence-electron chi connectivity index (χ1n) is 8.01. The van der Waals surface area contributed by atoms with E-state index in [1.54, 1.807) is 25.4 Å². The van der Waals surface area contributed by atoms with Crippen LogP contribution in [-0.2, 0) is 10.2 Å². The summed E-state index contributed by atoms with van der Waals surface area (Å²) in [6.07, 6.45) is 1.62. The molecule has 24 heavy (non-hydrogen) atoms. The molecule has 0 fully saturated rings. The summed E-state index contributed by atoms with van der Waals surface area (Å²) in [5.41, 5.74) is 2.89. The third-order valence-electron chi connectivity index (χ3n) is 3.64. The van der Waals surface area contributed by atoms with E-state index < -0.39 is 0 Å². The average molecular weight is 327 g/mol. The monoisotopic (exact) mass is 327 g/mol. The van der Waals surface area contributed by atoms with Crippen LogP contribution in [0, 0.1) is 0 Å². The predicted molar refractivity (Wildman–Crippen MR) is 96.9 cm³/mol. The van der Waals surface area contributed by atoms with E-state index in [-0.39, 0.29) is 11.3 Å². The number of hydrogen-bond acceptors (Lipinski definition) is 4. The van der Waals surface area contributed by atoms with Gasteiger partial charge in [0.15, 0.2) is 0 Å². The number of anilines is 2. The van der Waals surface area contributed by atoms with Crippen LogP contribution in [0.15, 0.2) is 42.6 Å². The van der Waals surface area contributed by atoms with Crippen LogP contribution < -0.4 is 10.6 Å². The molecule has 0 atom stereocenters. The highest BCUT2D eigenvalue weighted by Gasteiger charge is 2.13. The maximum Gasteiger partial charge on any atom is 0.251 e. The second kappa shape index (κ2) is 7.93. The standard InChI is InChI=1S/C19H25N3O2/c1-19(2,3)15-5-7-16(8-6-15)22-17-13-14(9-10-20-17)18(23)21-11-12-24-4/h5-10,13H,11-12H2,1-4H3,(H,20,22)(H,21,23). The molecule has 0 aliphatic carbocycles. The topological polar surface area (TPSA) is 63.2 Å². The number of benzene rings is 1. The van der Waals surface area contributed by atoms with Gasteiger partial charge in [0.1, 0.15) is 5.82 Å². The zero-order valence-electron chi connectivity index (χ0n) is 14.7. The highest BCUT2D eigenvalue weighted by atomic mass is 16.5. The van der Waals surface area contributed by atoms with Gasteiger partial charge in [-0.2, -0.15) is 0 Å². The van der Waals surface area contributed by atoms with Crippen molar-refractivity contribution in [2.24, 2.45) is 0 Å². The zero-order valence-corrected chi connectivity index (χ0v) is 14.7. The van der Waals surface area contributed by atoms with Gasteiger partial charge in [0.2, 0.25) is 0 Å². The van der Waals surface area contributed by atoms with Crippen molar-refractivity contribution in [3.05, 3.63) is 53.7 Å². The van der Waals surface area contributed by atoms with Crippen LogP contribution in [0.5, 0.6) is 0 Å². The smallest absolute Gasteiger partial charge is 0.251 e. The number of carbonyl (C=O) groups excluding carboxylic acids is 1. The van der Waals surface area contributed by atoms with Gasteiger partial charge in [0.25, 0.3) is 5.91 Å². The van der Waals surface area contributed by atoms with E-state index in [1.165, 1.54) is 5.56 Å². The predicted octanol–water partition coefficient (Wildman–Crippen LogP) is 3.50. The van der Waals surface area contributed by atoms with Gasteiger partial charge in [-0.3, -0.25) is 4.79 Å². The molecule has 5 nitrogen and oxygen atoms in total. The van der Waals surface area contributed by atoms with Crippen molar-refractivity contribution >= 4 is 17.4 Å². The van der Waals surface area contributed by atoms with E-state index in [0.717, 1.165) is 5.69 Å². The highest BCUT2D eigenvalue weighted by molar-refractivity contribution is 5.94. The van der Waals surface area contributed by atoms with Crippen LogP contribution in [0.4, 0.5) is 11.5 Å². The third kappa shape index (κ3) is 5.06. The largest absolute Gasteiger partial charge is 0.383 e. The normalized spacial score (nSPS) is 11.2. The first-order chi connectivity index (χ1) is 11.4. The van der Waals surface area contributed by atoms with Crippen molar-refractivity contribution < 1.29 is 9.53 Å². The van der Waals surface area contributed by atoms with Gasteiger partial charge < -0.3 is 15.4 Å². The number of rotatable bonds is 6. The Labute approximate surface area is 143 Å². The van der Waals surface area contributed by atoms with Crippen LogP contribution in [0.2, 0.25) is 0 Å². The third-order valence-corrected chi connectivity index (χ3v) is 3.64. The number of nitrogens with zero attached hydrogens (tertiary/aromatic N) is 1. The minimum absolute atomic E-state index is 0.122. The lowest BCUT2D eigenvalue weighted by molar-refractivity contribution is 0.0937. The summed E-state index contributed by atoms with van der Waals surface area (Å²) in [7, 11) is 1.60. The Morgan fingerprint density at radius 1 is 1.17 bits per heavy atom. The van der Waals surface area contributed by atoms with Gasteiger partial charge in [0.05, 0.1) is 6.61 Å². The molecule has 5 heteroatoms. The number of amides is 1. The van der Waals surface area contributed by atoms with Crippen LogP contribution in [0.25, 0.3) is 0 Å². The first-order valence-corrected chi connectivity index (χ1v) is 8.01. The Bertz CT molecular complexity index is 676. The van der Waals surface area contributed by atoms with Crippen molar-refractivity contribution in [2.45, 2.75) is 26.2 Å². The number of nitrogens with one attached hydrogen (secondary N) is 2. The maximum absolute atomic E-state index is 12.1. The van der Waals surface area contributed by atoms with Crippen molar-refractivity contribution in [1.82, 2.24) is 10.3 Å². The molecule has 0 spiro atoms. The molecule has 0 unspecified atom stereocenters. The quantitative estimate of drug-likeness (QED) is 0.797. The van der Waals surface area contributed by atoms with E-state index in [4.69, 9.17) is 4.74 Å². The van der Waals surface area contributed by atoms with Crippen molar-refractivity contribution in [3.63, 3.8) is 0 Å². The first kappa shape index (κ1) is 17.9. The second-order valence-electron chi connectivity index (χ2n) is 6.63. The van der Waals surface area contributed by atoms with E-state index in [1.807, 2.05) is 12.1 Å². The molecule has 1 heterocycles. The summed E-state index contributed by atoms with van der Waals surface area (Å²) < 4.78 is 4.92. The Balaban J connectivity index is 2.05. The number of hydrogen-bond donors (Lipinski definition) is 2. The lowest BCUT2D eigenvalue weighted by Gasteiger charge is -2.19. The lowest BCUT2D eigenvalue weighted by Crippen LogP contribution is -2.26. The van der Waals surface area contributed by atoms with Crippen molar-refractivity contribution in [1.29, 1.82) is 0 Å². The Hall–Kier alpha value is -2.40. The van der Waals surface area contributed by atoms with Gasteiger partial charge in [-0.25, -0.2) is 4.98 Å². The minimum Gasteiger partial charge on any atom is -0.383 e. The summed E-state index contributed by atoms with van der Waals surface area (Å²) >= 11 is 0. The fraction of sp³-hybridized carbons (Fsp3) is 0.368. The number of aromatic nitrogens is 1. The van der Waals surface area contributed by atoms with Gasteiger partial charge in [-0.15, -0.1) is 0 Å². The number of ether oxygens (including phenoxy) is 1. The molecule has 2 aromatic rings. The van der Waals surface area contributed by atoms with Crippen molar-refractivity contribution in [2.75, 3.05) is 25.6 Å². The summed E-state index contributed by atoms with van der Waals surface area (Å²) in [6, 6.07) is 11.7. The molecule has 2 N–H and O–H groups in total. The summed E-state index contributed by atoms with van der Waals surface area (Å²) in [6.45, 7) is 7.52. The second-order valence-corrected chi connectivity index (χ2v) is 6.63. The van der Waals surface area contributed by atoms with Crippen molar-refractivity contribution in [3.8, 4) is 0 Å². The molecular formula is C19H25N3O2. The summed E-state index contributed by atoms with van der Waals surface area (Å²) in [5, 5.41) is 6.02. The van der Waals surface area contributed by atoms with Gasteiger partial charge in [-0.05, 0) is 35.2 Å². The molecule has 2 rings (SSSR count). The lowest BCUT2D eigenvalue weighted by atomic mass is 9.87. The highest BCUT2D eigenvalue weighted by Crippen LogP contribution is 2.24. The zero-order chi connectivity index (χ0) is 17.6. The van der Waals surface area contributed by atoms with E-state index in [9.17, 15) is 4.79 Å². The van der Waals surface area contributed by atoms with Crippen LogP contribution >= 0.6 is 0 Å². The number of pyridine rings is 1. The molecule has 1 amide bonds. The van der Waals surface area contributed by atoms with E-state index >= 15 is 0 Å². The van der Waals surface area contributed by atoms with Gasteiger partial charge >= 0.3 is 0 Å². The average Bonchev–Trinajstić information content (AvgIpc) is 2.55. The Kier molecular flexibility index (Phi) is 5.93. The fourth-order valence-electron chi connectivity index (χ4n) is 2.21. The molecule has 0 aliphatic rings. The fourth-order valence-corrected chi connectivity index (χ4v) is 2.21. The Morgan fingerprint density at radius 2 is 1.88 bits per heavy atom. The van der Waals surface area contributed by atoms with E-state index in [0.29, 0.717) is 24.5 Å². The summed E-state index contributed by atoms with van der Waals surface area (Å²) in [5.74, 6) is 0.499. The SMILES string of the molecule is COCCNC(=O)c1ccnc(Nc2ccc(C(C)(C)C)cc2)c1. The molecule has 0 saturated carbocycles. The summed E-state index contributed by atoms with van der Waals surface area (Å²) in [4.78, 5) is 16.3. The van der Waals surface area contributed by atoms with Crippen LogP contribution in [0.1, 0.15) is 36.7 Å². The van der Waals surface area contributed by atoms with Gasteiger partial charge in [0, 0.05) is 31.1 Å². The molecule has 1 aromatic carbocycles. The molecule has 0 bridgehead atoms. The van der Waals surface area contributed by atoms with Crippen LogP contribution in [0.3, 0.4) is 0 Å². The van der Waals surface area contributed by atoms with Gasteiger partial charge in [-0.1, -0.05) is 32.9 Å². The number of methoxy groups -OCH3 is 1. The molecule has 128 valence electrons. The molecule has 0 saturated heterocycles. The minimum atomic E-state index is -0.138. The number of carbonyl (C=O) groups is 1. The molecule has 0 aliphatic heterocycles. The van der Waals surface area contributed by atoms with E-state index in [2.05, 4.69) is 48.5 Å².